The second kappa shape index (κ2) is 53.7. The Labute approximate surface area is 388 Å². The summed E-state index contributed by atoms with van der Waals surface area (Å²) in [4.78, 5) is 12.4. The summed E-state index contributed by atoms with van der Waals surface area (Å²) in [7, 11) is 0. The van der Waals surface area contributed by atoms with Gasteiger partial charge in [0.25, 0.3) is 0 Å². The average Bonchev–Trinajstić information content (AvgIpc) is 3.28. The number of nitrogens with one attached hydrogen (secondary N) is 1. The number of hydrogen-bond acceptors (Lipinski definition) is 3. The van der Waals surface area contributed by atoms with Crippen molar-refractivity contribution in [2.24, 2.45) is 0 Å². The largest absolute Gasteiger partial charge is 0.394 e. The lowest BCUT2D eigenvalue weighted by Crippen LogP contribution is -2.45. The number of allylic oxidation sites excluding steroid dienone is 7. The maximum absolute atomic E-state index is 12.4. The van der Waals surface area contributed by atoms with Crippen LogP contribution in [0.15, 0.2) is 48.6 Å². The van der Waals surface area contributed by atoms with Crippen molar-refractivity contribution in [2.45, 2.75) is 309 Å². The van der Waals surface area contributed by atoms with Crippen molar-refractivity contribution in [1.82, 2.24) is 5.32 Å². The van der Waals surface area contributed by atoms with E-state index in [1.54, 1.807) is 6.08 Å². The molecule has 0 heterocycles. The lowest BCUT2D eigenvalue weighted by atomic mass is 10.0. The second-order valence-corrected chi connectivity index (χ2v) is 19.0. The number of rotatable bonds is 51. The summed E-state index contributed by atoms with van der Waals surface area (Å²) in [6, 6.07) is -0.630. The normalized spacial score (nSPS) is 13.2. The molecule has 62 heavy (non-hydrogen) atoms. The highest BCUT2D eigenvalue weighted by Crippen LogP contribution is 2.17. The molecule has 0 radical (unpaired) electrons. The lowest BCUT2D eigenvalue weighted by Gasteiger charge is -2.20. The molecule has 0 aromatic rings. The van der Waals surface area contributed by atoms with E-state index in [-0.39, 0.29) is 12.5 Å². The molecule has 3 N–H and O–H groups in total. The zero-order valence-electron chi connectivity index (χ0n) is 41.9. The molecule has 0 bridgehead atoms. The van der Waals surface area contributed by atoms with Gasteiger partial charge < -0.3 is 15.5 Å². The van der Waals surface area contributed by atoms with Crippen molar-refractivity contribution >= 4 is 5.91 Å². The van der Waals surface area contributed by atoms with E-state index in [1.165, 1.54) is 218 Å². The Balaban J connectivity index is 3.45. The molecule has 2 unspecified atom stereocenters. The van der Waals surface area contributed by atoms with Crippen LogP contribution in [0.1, 0.15) is 296 Å². The highest BCUT2D eigenvalue weighted by molar-refractivity contribution is 5.76. The van der Waals surface area contributed by atoms with E-state index in [0.29, 0.717) is 6.42 Å². The number of aliphatic hydroxyl groups is 2. The number of carbonyl (C=O) groups is 1. The Morgan fingerprint density at radius 1 is 0.403 bits per heavy atom. The Morgan fingerprint density at radius 2 is 0.710 bits per heavy atom. The Kier molecular flexibility index (Phi) is 52.3. The maximum Gasteiger partial charge on any atom is 0.220 e. The van der Waals surface area contributed by atoms with Gasteiger partial charge in [0.05, 0.1) is 18.8 Å². The molecule has 0 aliphatic rings. The summed E-state index contributed by atoms with van der Waals surface area (Å²) in [5.41, 5.74) is 0. The topological polar surface area (TPSA) is 69.6 Å². The second-order valence-electron chi connectivity index (χ2n) is 19.0. The molecule has 0 rings (SSSR count). The van der Waals surface area contributed by atoms with Gasteiger partial charge in [-0.2, -0.15) is 0 Å². The fourth-order valence-electron chi connectivity index (χ4n) is 8.61. The van der Waals surface area contributed by atoms with Crippen LogP contribution >= 0.6 is 0 Å². The first-order chi connectivity index (χ1) is 30.7. The fraction of sp³-hybridized carbons (Fsp3) is 0.845. The van der Waals surface area contributed by atoms with E-state index in [1.807, 2.05) is 6.08 Å². The number of amides is 1. The average molecular weight is 869 g/mol. The Morgan fingerprint density at radius 3 is 1.06 bits per heavy atom. The predicted octanol–water partition coefficient (Wildman–Crippen LogP) is 18.3. The van der Waals surface area contributed by atoms with Crippen LogP contribution in [0.4, 0.5) is 0 Å². The van der Waals surface area contributed by atoms with Crippen LogP contribution in [0.3, 0.4) is 0 Å². The van der Waals surface area contributed by atoms with Gasteiger partial charge >= 0.3 is 0 Å². The van der Waals surface area contributed by atoms with E-state index in [4.69, 9.17) is 0 Å². The molecule has 4 heteroatoms. The number of carbonyl (C=O) groups excluding carboxylic acids is 1. The van der Waals surface area contributed by atoms with Crippen LogP contribution in [0, 0.1) is 0 Å². The molecule has 0 saturated carbocycles. The first kappa shape index (κ1) is 60.4. The van der Waals surface area contributed by atoms with Crippen LogP contribution in [-0.2, 0) is 4.79 Å². The van der Waals surface area contributed by atoms with Crippen molar-refractivity contribution < 1.29 is 15.0 Å². The lowest BCUT2D eigenvalue weighted by molar-refractivity contribution is -0.123. The maximum atomic E-state index is 12.4. The van der Waals surface area contributed by atoms with Crippen molar-refractivity contribution in [2.75, 3.05) is 6.61 Å². The zero-order chi connectivity index (χ0) is 44.9. The van der Waals surface area contributed by atoms with Gasteiger partial charge in [-0.1, -0.05) is 287 Å². The van der Waals surface area contributed by atoms with E-state index in [9.17, 15) is 15.0 Å². The fourth-order valence-corrected chi connectivity index (χ4v) is 8.61. The van der Waals surface area contributed by atoms with Crippen LogP contribution in [0.5, 0.6) is 0 Å². The number of unbranched alkanes of at least 4 members (excludes halogenated alkanes) is 38. The summed E-state index contributed by atoms with van der Waals surface area (Å²) < 4.78 is 0. The first-order valence-electron chi connectivity index (χ1n) is 27.9. The monoisotopic (exact) mass is 868 g/mol. The van der Waals surface area contributed by atoms with E-state index in [2.05, 4.69) is 55.6 Å². The summed E-state index contributed by atoms with van der Waals surface area (Å²) >= 11 is 0. The molecule has 0 spiro atoms. The number of aliphatic hydroxyl groups excluding tert-OH is 2. The van der Waals surface area contributed by atoms with Crippen LogP contribution in [0.25, 0.3) is 0 Å². The van der Waals surface area contributed by atoms with Crippen molar-refractivity contribution in [3.8, 4) is 0 Å². The van der Waals surface area contributed by atoms with Gasteiger partial charge in [-0.15, -0.1) is 0 Å². The SMILES string of the molecule is CC/C=C\C/C=C\C/C=C\CCCCCCCCCC(=O)NC(CO)C(O)/C=C/CCCCCCCCCCCCCCCCCCCCCCCCCCCCCCCCC. The van der Waals surface area contributed by atoms with Gasteiger partial charge in [-0.25, -0.2) is 0 Å². The minimum Gasteiger partial charge on any atom is -0.394 e. The smallest absolute Gasteiger partial charge is 0.220 e. The molecule has 364 valence electrons. The van der Waals surface area contributed by atoms with Gasteiger partial charge in [0.15, 0.2) is 0 Å². The summed E-state index contributed by atoms with van der Waals surface area (Å²) in [5, 5.41) is 23.1. The zero-order valence-corrected chi connectivity index (χ0v) is 41.9. The van der Waals surface area contributed by atoms with Gasteiger partial charge in [-0.3, -0.25) is 4.79 Å². The quantitative estimate of drug-likeness (QED) is 0.0421. The highest BCUT2D eigenvalue weighted by Gasteiger charge is 2.18. The van der Waals surface area contributed by atoms with Crippen molar-refractivity contribution in [1.29, 1.82) is 0 Å². The number of hydrogen-bond donors (Lipinski definition) is 3. The molecule has 0 aromatic heterocycles. The first-order valence-corrected chi connectivity index (χ1v) is 27.9. The Bertz CT molecular complexity index is 985. The third-order valence-corrected chi connectivity index (χ3v) is 12.8. The summed E-state index contributed by atoms with van der Waals surface area (Å²) in [6.45, 7) is 4.22. The molecule has 2 atom stereocenters. The van der Waals surface area contributed by atoms with Crippen LogP contribution in [-0.4, -0.2) is 34.9 Å². The van der Waals surface area contributed by atoms with E-state index in [0.717, 1.165) is 57.8 Å². The van der Waals surface area contributed by atoms with Crippen LogP contribution in [0.2, 0.25) is 0 Å². The molecule has 0 aliphatic carbocycles. The summed E-state index contributed by atoms with van der Waals surface area (Å²) in [5.74, 6) is -0.0725. The standard InChI is InChI=1S/C58H109NO3/c1-3-5-7-9-11-13-15-17-19-21-22-23-24-25-26-27-28-29-30-31-32-33-34-35-36-38-39-41-43-45-47-49-51-53-57(61)56(55-60)59-58(62)54-52-50-48-46-44-42-40-37-20-18-16-14-12-10-8-6-4-2/h6,8,12,14,18,20,51,53,56-57,60-61H,3-5,7,9-11,13,15-17,19,21-50,52,54-55H2,1-2H3,(H,59,62)/b8-6-,14-12-,20-18-,53-51+. The van der Waals surface area contributed by atoms with E-state index >= 15 is 0 Å². The minimum atomic E-state index is -0.846. The molecule has 4 nitrogen and oxygen atoms in total. The van der Waals surface area contributed by atoms with Crippen molar-refractivity contribution in [3.63, 3.8) is 0 Å². The molecule has 0 aliphatic heterocycles. The summed E-state index contributed by atoms with van der Waals surface area (Å²) in [6.07, 6.45) is 74.3. The molecule has 1 amide bonds. The van der Waals surface area contributed by atoms with Gasteiger partial charge in [0.1, 0.15) is 0 Å². The molecule has 0 aromatic carbocycles. The van der Waals surface area contributed by atoms with Gasteiger partial charge in [0.2, 0.25) is 5.91 Å². The third-order valence-electron chi connectivity index (χ3n) is 12.8. The molecule has 0 fully saturated rings. The molecule has 0 saturated heterocycles. The highest BCUT2D eigenvalue weighted by atomic mass is 16.3. The van der Waals surface area contributed by atoms with Crippen molar-refractivity contribution in [3.05, 3.63) is 48.6 Å². The van der Waals surface area contributed by atoms with E-state index < -0.39 is 12.1 Å². The van der Waals surface area contributed by atoms with Gasteiger partial charge in [-0.05, 0) is 51.4 Å². The molecular formula is C58H109NO3. The third kappa shape index (κ3) is 49.4. The predicted molar refractivity (Wildman–Crippen MR) is 276 cm³/mol. The molecular weight excluding hydrogens is 759 g/mol. The van der Waals surface area contributed by atoms with Crippen LogP contribution < -0.4 is 5.32 Å². The minimum absolute atomic E-state index is 0.0725. The van der Waals surface area contributed by atoms with Gasteiger partial charge in [0, 0.05) is 6.42 Å². The Hall–Kier alpha value is -1.65.